The fraction of sp³-hybridized carbons (Fsp3) is 0.316. The summed E-state index contributed by atoms with van der Waals surface area (Å²) < 4.78 is 27.9. The summed E-state index contributed by atoms with van der Waals surface area (Å²) in [7, 11) is -3.77. The SMILES string of the molecule is Cc1cccc(NS(=O)(=O)c2cccc(C(=O)N3CCC(CN)C3)c2)c1.Cl. The van der Waals surface area contributed by atoms with Crippen molar-refractivity contribution in [3.63, 3.8) is 0 Å². The van der Waals surface area contributed by atoms with Gasteiger partial charge in [-0.3, -0.25) is 9.52 Å². The van der Waals surface area contributed by atoms with E-state index in [1.54, 1.807) is 35.2 Å². The Morgan fingerprint density at radius 3 is 2.63 bits per heavy atom. The second-order valence-corrected chi connectivity index (χ2v) is 8.33. The Morgan fingerprint density at radius 2 is 1.96 bits per heavy atom. The highest BCUT2D eigenvalue weighted by Crippen LogP contribution is 2.21. The van der Waals surface area contributed by atoms with Crippen molar-refractivity contribution in [1.29, 1.82) is 0 Å². The highest BCUT2D eigenvalue weighted by Gasteiger charge is 2.26. The Bertz CT molecular complexity index is 918. The zero-order valence-corrected chi connectivity index (χ0v) is 16.7. The standard InChI is InChI=1S/C19H23N3O3S.ClH/c1-14-4-2-6-17(10-14)21-26(24,25)18-7-3-5-16(11-18)19(23)22-9-8-15(12-20)13-22;/h2-7,10-11,15,21H,8-9,12-13,20H2,1H3;1H. The fourth-order valence-electron chi connectivity index (χ4n) is 3.11. The van der Waals surface area contributed by atoms with Crippen LogP contribution >= 0.6 is 12.4 Å². The third kappa shape index (κ3) is 5.00. The molecule has 0 aromatic heterocycles. The number of sulfonamides is 1. The van der Waals surface area contributed by atoms with E-state index in [-0.39, 0.29) is 23.2 Å². The lowest BCUT2D eigenvalue weighted by Crippen LogP contribution is -2.30. The largest absolute Gasteiger partial charge is 0.338 e. The van der Waals surface area contributed by atoms with Gasteiger partial charge in [0.25, 0.3) is 15.9 Å². The molecule has 1 fully saturated rings. The molecule has 1 unspecified atom stereocenters. The Morgan fingerprint density at radius 1 is 1.22 bits per heavy atom. The van der Waals surface area contributed by atoms with Crippen LogP contribution in [0.2, 0.25) is 0 Å². The van der Waals surface area contributed by atoms with Crippen LogP contribution in [0, 0.1) is 12.8 Å². The van der Waals surface area contributed by atoms with Gasteiger partial charge in [-0.25, -0.2) is 8.42 Å². The number of amides is 1. The summed E-state index contributed by atoms with van der Waals surface area (Å²) in [5, 5.41) is 0. The van der Waals surface area contributed by atoms with Crippen molar-refractivity contribution in [2.24, 2.45) is 11.7 Å². The number of hydrogen-bond donors (Lipinski definition) is 2. The first-order valence-electron chi connectivity index (χ1n) is 8.58. The van der Waals surface area contributed by atoms with Gasteiger partial charge in [0, 0.05) is 24.3 Å². The molecule has 0 saturated carbocycles. The highest BCUT2D eigenvalue weighted by atomic mass is 35.5. The Kier molecular flexibility index (Phi) is 6.86. The van der Waals surface area contributed by atoms with E-state index < -0.39 is 10.0 Å². The van der Waals surface area contributed by atoms with Crippen LogP contribution in [0.4, 0.5) is 5.69 Å². The first-order chi connectivity index (χ1) is 12.4. The van der Waals surface area contributed by atoms with Crippen LogP contribution in [0.3, 0.4) is 0 Å². The molecule has 1 amide bonds. The molecule has 0 aliphatic carbocycles. The molecule has 1 atom stereocenters. The van der Waals surface area contributed by atoms with E-state index in [0.29, 0.717) is 36.8 Å². The molecule has 1 heterocycles. The minimum absolute atomic E-state index is 0. The van der Waals surface area contributed by atoms with Crippen molar-refractivity contribution in [3.8, 4) is 0 Å². The number of nitrogens with two attached hydrogens (primary N) is 1. The monoisotopic (exact) mass is 409 g/mol. The van der Waals surface area contributed by atoms with Crippen molar-refractivity contribution in [1.82, 2.24) is 4.90 Å². The van der Waals surface area contributed by atoms with Crippen LogP contribution < -0.4 is 10.5 Å². The van der Waals surface area contributed by atoms with Gasteiger partial charge in [0.1, 0.15) is 0 Å². The predicted octanol–water partition coefficient (Wildman–Crippen LogP) is 2.64. The number of carbonyl (C=O) groups is 1. The molecule has 27 heavy (non-hydrogen) atoms. The van der Waals surface area contributed by atoms with Crippen molar-refractivity contribution in [3.05, 3.63) is 59.7 Å². The summed E-state index contributed by atoms with van der Waals surface area (Å²) in [4.78, 5) is 14.5. The van der Waals surface area contributed by atoms with E-state index in [4.69, 9.17) is 5.73 Å². The maximum atomic E-state index is 12.7. The summed E-state index contributed by atoms with van der Waals surface area (Å²) in [6.45, 7) is 3.72. The van der Waals surface area contributed by atoms with Gasteiger partial charge < -0.3 is 10.6 Å². The average molecular weight is 410 g/mol. The molecule has 1 aliphatic rings. The van der Waals surface area contributed by atoms with E-state index in [1.807, 2.05) is 13.0 Å². The number of nitrogens with one attached hydrogen (secondary N) is 1. The van der Waals surface area contributed by atoms with Crippen molar-refractivity contribution >= 4 is 34.0 Å². The van der Waals surface area contributed by atoms with Gasteiger partial charge in [0.2, 0.25) is 0 Å². The van der Waals surface area contributed by atoms with Gasteiger partial charge in [-0.2, -0.15) is 0 Å². The third-order valence-electron chi connectivity index (χ3n) is 4.57. The molecule has 0 radical (unpaired) electrons. The second-order valence-electron chi connectivity index (χ2n) is 6.64. The molecule has 146 valence electrons. The first-order valence-corrected chi connectivity index (χ1v) is 10.1. The van der Waals surface area contributed by atoms with Crippen molar-refractivity contribution < 1.29 is 13.2 Å². The Labute approximate surface area is 166 Å². The quantitative estimate of drug-likeness (QED) is 0.793. The maximum absolute atomic E-state index is 12.7. The lowest BCUT2D eigenvalue weighted by atomic mass is 10.1. The molecular weight excluding hydrogens is 386 g/mol. The zero-order valence-electron chi connectivity index (χ0n) is 15.1. The number of nitrogens with zero attached hydrogens (tertiary/aromatic N) is 1. The summed E-state index contributed by atoms with van der Waals surface area (Å²) in [6, 6.07) is 13.3. The molecule has 1 saturated heterocycles. The molecule has 3 rings (SSSR count). The normalized spacial score (nSPS) is 16.7. The molecule has 2 aromatic rings. The van der Waals surface area contributed by atoms with Crippen LogP contribution in [0.15, 0.2) is 53.4 Å². The average Bonchev–Trinajstić information content (AvgIpc) is 3.10. The van der Waals surface area contributed by atoms with E-state index >= 15 is 0 Å². The third-order valence-corrected chi connectivity index (χ3v) is 5.95. The van der Waals surface area contributed by atoms with Crippen molar-refractivity contribution in [2.45, 2.75) is 18.2 Å². The lowest BCUT2D eigenvalue weighted by Gasteiger charge is -2.17. The summed E-state index contributed by atoms with van der Waals surface area (Å²) in [6.07, 6.45) is 0.884. The Hall–Kier alpha value is -2.09. The van der Waals surface area contributed by atoms with Gasteiger partial charge in [-0.15, -0.1) is 12.4 Å². The van der Waals surface area contributed by atoms with E-state index in [1.165, 1.54) is 12.1 Å². The predicted molar refractivity (Wildman–Crippen MR) is 109 cm³/mol. The molecule has 2 aromatic carbocycles. The van der Waals surface area contributed by atoms with Crippen LogP contribution in [-0.4, -0.2) is 38.9 Å². The lowest BCUT2D eigenvalue weighted by molar-refractivity contribution is 0.0787. The molecule has 1 aliphatic heterocycles. The van der Waals surface area contributed by atoms with Gasteiger partial charge in [-0.1, -0.05) is 18.2 Å². The topological polar surface area (TPSA) is 92.5 Å². The van der Waals surface area contributed by atoms with E-state index in [0.717, 1.165) is 12.0 Å². The van der Waals surface area contributed by atoms with Crippen molar-refractivity contribution in [2.75, 3.05) is 24.4 Å². The van der Waals surface area contributed by atoms with Gasteiger partial charge >= 0.3 is 0 Å². The minimum atomic E-state index is -3.77. The van der Waals surface area contributed by atoms with Gasteiger partial charge in [0.05, 0.1) is 4.90 Å². The number of likely N-dealkylation sites (tertiary alicyclic amines) is 1. The number of carbonyl (C=O) groups excluding carboxylic acids is 1. The summed E-state index contributed by atoms with van der Waals surface area (Å²) >= 11 is 0. The van der Waals surface area contributed by atoms with Gasteiger partial charge in [-0.05, 0) is 61.7 Å². The number of hydrogen-bond acceptors (Lipinski definition) is 4. The molecule has 8 heteroatoms. The van der Waals surface area contributed by atoms with Crippen LogP contribution in [-0.2, 0) is 10.0 Å². The molecular formula is C19H24ClN3O3S. The van der Waals surface area contributed by atoms with Crippen LogP contribution in [0.25, 0.3) is 0 Å². The number of benzene rings is 2. The Balaban J connectivity index is 0.00000261. The van der Waals surface area contributed by atoms with E-state index in [9.17, 15) is 13.2 Å². The number of anilines is 1. The van der Waals surface area contributed by atoms with Crippen LogP contribution in [0.1, 0.15) is 22.3 Å². The molecule has 0 spiro atoms. The minimum Gasteiger partial charge on any atom is -0.338 e. The zero-order chi connectivity index (χ0) is 18.7. The number of halogens is 1. The van der Waals surface area contributed by atoms with Crippen LogP contribution in [0.5, 0.6) is 0 Å². The maximum Gasteiger partial charge on any atom is 0.261 e. The summed E-state index contributed by atoms with van der Waals surface area (Å²) in [5.41, 5.74) is 7.49. The van der Waals surface area contributed by atoms with Gasteiger partial charge in [0.15, 0.2) is 0 Å². The molecule has 0 bridgehead atoms. The molecule has 6 nitrogen and oxygen atoms in total. The van der Waals surface area contributed by atoms with E-state index in [2.05, 4.69) is 4.72 Å². The number of aryl methyl sites for hydroxylation is 1. The molecule has 3 N–H and O–H groups in total. The fourth-order valence-corrected chi connectivity index (χ4v) is 4.21. The smallest absolute Gasteiger partial charge is 0.261 e. The second kappa shape index (κ2) is 8.73. The summed E-state index contributed by atoms with van der Waals surface area (Å²) in [5.74, 6) is 0.155. The first kappa shape index (κ1) is 21.2. The number of rotatable bonds is 5. The highest BCUT2D eigenvalue weighted by molar-refractivity contribution is 7.92.